The monoisotopic (exact) mass is 511 g/mol. The van der Waals surface area contributed by atoms with E-state index in [2.05, 4.69) is 4.90 Å². The van der Waals surface area contributed by atoms with Gasteiger partial charge < -0.3 is 20.9 Å². The van der Waals surface area contributed by atoms with Crippen molar-refractivity contribution in [3.63, 3.8) is 0 Å². The number of nitrogens with two attached hydrogens (primary N) is 3. The van der Waals surface area contributed by atoms with Crippen molar-refractivity contribution < 1.29 is 19.3 Å². The van der Waals surface area contributed by atoms with Gasteiger partial charge in [-0.05, 0) is 23.8 Å². The number of nitro groups is 2. The molecule has 2 heterocycles. The van der Waals surface area contributed by atoms with Crippen LogP contribution in [0.1, 0.15) is 5.56 Å². The van der Waals surface area contributed by atoms with Gasteiger partial charge in [0.25, 0.3) is 11.4 Å². The lowest BCUT2D eigenvalue weighted by molar-refractivity contribution is -0.384. The molecule has 6 N–H and O–H groups in total. The Morgan fingerprint density at radius 3 is 1.74 bits per heavy atom. The van der Waals surface area contributed by atoms with Gasteiger partial charge in [0.15, 0.2) is 0 Å². The van der Waals surface area contributed by atoms with Crippen LogP contribution in [-0.2, 0) is 16.0 Å². The second-order valence-electron chi connectivity index (χ2n) is 7.65. The van der Waals surface area contributed by atoms with Crippen molar-refractivity contribution in [3.05, 3.63) is 67.2 Å². The molecule has 192 valence electrons. The smallest absolute Gasteiger partial charge is 0.292 e. The summed E-state index contributed by atoms with van der Waals surface area (Å²) in [6.07, 6.45) is 0. The fourth-order valence-electron chi connectivity index (χ4n) is 3.16. The number of ether oxygens (including phenoxy) is 2. The second-order valence-corrected chi connectivity index (χ2v) is 8.08. The largest absolute Gasteiger partial charge is 0.393 e. The number of hydrazine groups is 1. The summed E-state index contributed by atoms with van der Waals surface area (Å²) in [4.78, 5) is 22.1. The number of nitrogens with zero attached hydrogens (tertiary/aromatic N) is 4. The third-order valence-electron chi connectivity index (χ3n) is 5.03. The molecule has 2 saturated heterocycles. The Morgan fingerprint density at radius 1 is 0.829 bits per heavy atom. The molecule has 0 bridgehead atoms. The molecule has 0 aliphatic carbocycles. The molecule has 2 aliphatic rings. The van der Waals surface area contributed by atoms with E-state index in [1.54, 1.807) is 17.1 Å². The Labute approximate surface area is 207 Å². The Kier molecular flexibility index (Phi) is 11.6. The van der Waals surface area contributed by atoms with Crippen LogP contribution >= 0.6 is 11.6 Å². The zero-order chi connectivity index (χ0) is 25.8. The van der Waals surface area contributed by atoms with Crippen molar-refractivity contribution >= 4 is 34.4 Å². The number of nitro benzene ring substituents is 2. The maximum absolute atomic E-state index is 10.6. The van der Waals surface area contributed by atoms with Gasteiger partial charge in [-0.3, -0.25) is 31.0 Å². The fourth-order valence-corrected chi connectivity index (χ4v) is 3.34. The van der Waals surface area contributed by atoms with Crippen molar-refractivity contribution in [2.45, 2.75) is 6.54 Å². The van der Waals surface area contributed by atoms with Crippen molar-refractivity contribution in [2.75, 3.05) is 64.1 Å². The molecule has 14 heteroatoms. The highest BCUT2D eigenvalue weighted by atomic mass is 35.5. The molecular formula is C21H30ClN7O6. The molecule has 0 spiro atoms. The first-order chi connectivity index (χ1) is 16.7. The highest BCUT2D eigenvalue weighted by molar-refractivity contribution is 6.30. The molecule has 35 heavy (non-hydrogen) atoms. The Bertz CT molecular complexity index is 985. The summed E-state index contributed by atoms with van der Waals surface area (Å²) < 4.78 is 10.3. The van der Waals surface area contributed by atoms with E-state index in [0.717, 1.165) is 64.7 Å². The minimum absolute atomic E-state index is 0.0317. The lowest BCUT2D eigenvalue weighted by Crippen LogP contribution is -2.41. The lowest BCUT2D eigenvalue weighted by atomic mass is 10.1. The van der Waals surface area contributed by atoms with Gasteiger partial charge in [0, 0.05) is 49.9 Å². The van der Waals surface area contributed by atoms with Gasteiger partial charge in [-0.2, -0.15) is 0 Å². The van der Waals surface area contributed by atoms with Crippen LogP contribution in [0.3, 0.4) is 0 Å². The first-order valence-electron chi connectivity index (χ1n) is 10.8. The number of nitrogen functional groups attached to an aromatic ring is 2. The van der Waals surface area contributed by atoms with Gasteiger partial charge in [-0.15, -0.1) is 0 Å². The number of anilines is 2. The van der Waals surface area contributed by atoms with Gasteiger partial charge >= 0.3 is 0 Å². The molecule has 0 radical (unpaired) electrons. The minimum atomic E-state index is -0.550. The minimum Gasteiger partial charge on any atom is -0.393 e. The van der Waals surface area contributed by atoms with Gasteiger partial charge in [0.2, 0.25) is 0 Å². The van der Waals surface area contributed by atoms with Gasteiger partial charge in [0.05, 0.1) is 36.3 Å². The summed E-state index contributed by atoms with van der Waals surface area (Å²) in [6.45, 7) is 7.33. The highest BCUT2D eigenvalue weighted by Gasteiger charge is 2.14. The first kappa shape index (κ1) is 28.2. The molecule has 2 fully saturated rings. The molecule has 0 aromatic heterocycles. The van der Waals surface area contributed by atoms with E-state index >= 15 is 0 Å². The first-order valence-corrected chi connectivity index (χ1v) is 11.1. The van der Waals surface area contributed by atoms with E-state index in [9.17, 15) is 20.2 Å². The van der Waals surface area contributed by atoms with Crippen LogP contribution in [0.25, 0.3) is 0 Å². The molecule has 0 saturated carbocycles. The number of hydrogen-bond donors (Lipinski definition) is 3. The van der Waals surface area contributed by atoms with Crippen molar-refractivity contribution in [1.29, 1.82) is 0 Å². The van der Waals surface area contributed by atoms with Gasteiger partial charge in [-0.25, -0.2) is 5.01 Å². The molecule has 2 aliphatic heterocycles. The Balaban J connectivity index is 0.000000205. The van der Waals surface area contributed by atoms with E-state index < -0.39 is 9.85 Å². The SMILES string of the molecule is NN1CCOCC1.Nc1cc(CN2CCOCC2)ccc1[N+](=O)[O-].Nc1cc(Cl)ccc1[N+](=O)[O-]. The van der Waals surface area contributed by atoms with Crippen LogP contribution in [0.15, 0.2) is 36.4 Å². The van der Waals surface area contributed by atoms with Gasteiger partial charge in [-0.1, -0.05) is 17.7 Å². The molecule has 2 aromatic carbocycles. The van der Waals surface area contributed by atoms with E-state index in [0.29, 0.717) is 5.02 Å². The predicted octanol–water partition coefficient (Wildman–Crippen LogP) is 2.03. The molecule has 13 nitrogen and oxygen atoms in total. The van der Waals surface area contributed by atoms with Crippen LogP contribution < -0.4 is 17.3 Å². The van der Waals surface area contributed by atoms with Crippen molar-refractivity contribution in [1.82, 2.24) is 9.91 Å². The molecule has 4 rings (SSSR count). The standard InChI is InChI=1S/C11H15N3O3.C6H5ClN2O2.C4H10N2O/c12-10-7-9(1-2-11(10)14(15)16)8-13-3-5-17-6-4-13;7-4-1-2-6(9(10)11)5(8)3-4;5-6-1-3-7-4-2-6/h1-2,7H,3-6,8,12H2;1-3H,8H2;1-5H2. The predicted molar refractivity (Wildman–Crippen MR) is 133 cm³/mol. The van der Waals surface area contributed by atoms with E-state index in [-0.39, 0.29) is 22.7 Å². The van der Waals surface area contributed by atoms with Crippen LogP contribution in [0.4, 0.5) is 22.7 Å². The molecule has 0 unspecified atom stereocenters. The van der Waals surface area contributed by atoms with Crippen LogP contribution in [-0.4, -0.2) is 72.4 Å². The summed E-state index contributed by atoms with van der Waals surface area (Å²) in [5.41, 5.74) is 12.1. The van der Waals surface area contributed by atoms with Crippen molar-refractivity contribution in [2.24, 2.45) is 5.84 Å². The topological polar surface area (TPSA) is 189 Å². The zero-order valence-electron chi connectivity index (χ0n) is 19.2. The van der Waals surface area contributed by atoms with Crippen molar-refractivity contribution in [3.8, 4) is 0 Å². The summed E-state index contributed by atoms with van der Waals surface area (Å²) >= 11 is 5.52. The molecule has 2 aromatic rings. The fraction of sp³-hybridized carbons (Fsp3) is 0.429. The zero-order valence-corrected chi connectivity index (χ0v) is 19.9. The van der Waals surface area contributed by atoms with Gasteiger partial charge in [0.1, 0.15) is 11.4 Å². The number of hydrogen-bond acceptors (Lipinski definition) is 11. The number of halogens is 1. The third kappa shape index (κ3) is 9.98. The Morgan fingerprint density at radius 2 is 1.31 bits per heavy atom. The average Bonchev–Trinajstić information content (AvgIpc) is 2.81. The summed E-state index contributed by atoms with van der Waals surface area (Å²) in [6, 6.07) is 8.94. The quantitative estimate of drug-likeness (QED) is 0.235. The second kappa shape index (κ2) is 14.4. The molecule has 0 amide bonds. The normalized spacial score (nSPS) is 16.3. The van der Waals surface area contributed by atoms with E-state index in [4.69, 9.17) is 38.4 Å². The maximum Gasteiger partial charge on any atom is 0.292 e. The molecule has 0 atom stereocenters. The summed E-state index contributed by atoms with van der Waals surface area (Å²) in [7, 11) is 0. The lowest BCUT2D eigenvalue weighted by Gasteiger charge is -2.26. The van der Waals surface area contributed by atoms with E-state index in [1.807, 2.05) is 0 Å². The van der Waals surface area contributed by atoms with Crippen LogP contribution in [0.2, 0.25) is 5.02 Å². The number of morpholine rings is 2. The number of rotatable bonds is 4. The van der Waals surface area contributed by atoms with Crippen LogP contribution in [0, 0.1) is 20.2 Å². The molecular weight excluding hydrogens is 482 g/mol. The maximum atomic E-state index is 10.6. The average molecular weight is 512 g/mol. The highest BCUT2D eigenvalue weighted by Crippen LogP contribution is 2.24. The van der Waals surface area contributed by atoms with E-state index in [1.165, 1.54) is 24.3 Å². The Hall–Kier alpha value is -3.07. The third-order valence-corrected chi connectivity index (χ3v) is 5.27. The summed E-state index contributed by atoms with van der Waals surface area (Å²) in [5, 5.41) is 23.0. The summed E-state index contributed by atoms with van der Waals surface area (Å²) in [5.74, 6) is 5.39. The number of benzene rings is 2. The van der Waals surface area contributed by atoms with Crippen LogP contribution in [0.5, 0.6) is 0 Å².